The first-order valence-corrected chi connectivity index (χ1v) is 11.9. The van der Waals surface area contributed by atoms with Crippen LogP contribution in [-0.2, 0) is 24.5 Å². The molecule has 0 aliphatic rings. The Labute approximate surface area is 223 Å². The molecule has 0 aliphatic heterocycles. The molecule has 0 fully saturated rings. The SMILES string of the molecule is CCNC(=O)C(=Cc1c(C(=O)N(C)CC(=O)O)[nH]n(-c2ccc(S(=O)(=O)[O-])cc2)c1=O)C(=O)NCC.[Li+]. The van der Waals surface area contributed by atoms with Gasteiger partial charge in [0.25, 0.3) is 23.3 Å². The van der Waals surface area contributed by atoms with E-state index in [0.29, 0.717) is 0 Å². The summed E-state index contributed by atoms with van der Waals surface area (Å²) in [4.78, 5) is 62.6. The number of aromatic amines is 1. The number of carbonyl (C=O) groups excluding carboxylic acids is 3. The number of aromatic nitrogens is 2. The first-order chi connectivity index (χ1) is 16.8. The Hall–Kier alpha value is -3.64. The summed E-state index contributed by atoms with van der Waals surface area (Å²) < 4.78 is 34.4. The van der Waals surface area contributed by atoms with Crippen molar-refractivity contribution in [2.24, 2.45) is 0 Å². The molecule has 0 radical (unpaired) electrons. The molecule has 2 rings (SSSR count). The zero-order valence-corrected chi connectivity index (χ0v) is 21.3. The molecule has 4 N–H and O–H groups in total. The van der Waals surface area contributed by atoms with Gasteiger partial charge in [-0.25, -0.2) is 13.1 Å². The molecule has 1 aromatic carbocycles. The third kappa shape index (κ3) is 7.67. The van der Waals surface area contributed by atoms with Crippen molar-refractivity contribution >= 4 is 39.9 Å². The monoisotopic (exact) mass is 529 g/mol. The van der Waals surface area contributed by atoms with Gasteiger partial charge in [-0.05, 0) is 44.2 Å². The van der Waals surface area contributed by atoms with E-state index in [4.69, 9.17) is 5.11 Å². The Morgan fingerprint density at radius 1 is 1.08 bits per heavy atom. The van der Waals surface area contributed by atoms with Gasteiger partial charge in [0.15, 0.2) is 0 Å². The predicted octanol–water partition coefficient (Wildman–Crippen LogP) is -4.11. The molecule has 16 heteroatoms. The molecule has 1 heterocycles. The van der Waals surface area contributed by atoms with E-state index in [-0.39, 0.29) is 37.6 Å². The maximum atomic E-state index is 13.3. The number of hydrogen-bond acceptors (Lipinski definition) is 8. The Morgan fingerprint density at radius 3 is 2.03 bits per heavy atom. The number of rotatable bonds is 10. The van der Waals surface area contributed by atoms with Crippen LogP contribution in [0.25, 0.3) is 11.8 Å². The average molecular weight is 529 g/mol. The van der Waals surface area contributed by atoms with Crippen molar-refractivity contribution in [3.8, 4) is 5.69 Å². The predicted molar refractivity (Wildman–Crippen MR) is 124 cm³/mol. The fraction of sp³-hybridized carbons (Fsp3) is 0.286. The number of benzene rings is 1. The quantitative estimate of drug-likeness (QED) is 0.0773. The van der Waals surface area contributed by atoms with Crippen LogP contribution in [0, 0.1) is 0 Å². The van der Waals surface area contributed by atoms with E-state index >= 15 is 0 Å². The Bertz CT molecular complexity index is 1360. The molecular weight excluding hydrogens is 505 g/mol. The second-order valence-electron chi connectivity index (χ2n) is 7.32. The Balaban J connectivity index is 0.00000684. The van der Waals surface area contributed by atoms with E-state index in [2.05, 4.69) is 15.7 Å². The van der Waals surface area contributed by atoms with E-state index < -0.39 is 67.6 Å². The topological polar surface area (TPSA) is 211 Å². The average Bonchev–Trinajstić information content (AvgIpc) is 3.12. The normalized spacial score (nSPS) is 10.6. The van der Waals surface area contributed by atoms with Crippen LogP contribution in [0.5, 0.6) is 0 Å². The van der Waals surface area contributed by atoms with Gasteiger partial charge >= 0.3 is 24.8 Å². The van der Waals surface area contributed by atoms with Gasteiger partial charge in [-0.3, -0.25) is 29.1 Å². The summed E-state index contributed by atoms with van der Waals surface area (Å²) in [7, 11) is -3.59. The number of nitrogens with zero attached hydrogens (tertiary/aromatic N) is 2. The summed E-state index contributed by atoms with van der Waals surface area (Å²) >= 11 is 0. The van der Waals surface area contributed by atoms with Gasteiger partial charge in [0.1, 0.15) is 27.9 Å². The summed E-state index contributed by atoms with van der Waals surface area (Å²) in [5.41, 5.74) is -2.24. The maximum Gasteiger partial charge on any atom is 1.00 e. The van der Waals surface area contributed by atoms with E-state index in [1.54, 1.807) is 13.8 Å². The van der Waals surface area contributed by atoms with Gasteiger partial charge in [-0.2, -0.15) is 0 Å². The molecule has 194 valence electrons. The fourth-order valence-electron chi connectivity index (χ4n) is 3.05. The number of carbonyl (C=O) groups is 4. The first-order valence-electron chi connectivity index (χ1n) is 10.5. The molecule has 0 saturated heterocycles. The summed E-state index contributed by atoms with van der Waals surface area (Å²) in [6, 6.07) is 4.15. The third-order valence-electron chi connectivity index (χ3n) is 4.70. The number of hydrogen-bond donors (Lipinski definition) is 4. The second kappa shape index (κ2) is 13.1. The number of amides is 3. The van der Waals surface area contributed by atoms with E-state index in [0.717, 1.165) is 39.9 Å². The maximum absolute atomic E-state index is 13.3. The summed E-state index contributed by atoms with van der Waals surface area (Å²) in [6.07, 6.45) is 0.906. The van der Waals surface area contributed by atoms with Crippen molar-refractivity contribution in [2.45, 2.75) is 18.7 Å². The number of carboxylic acids is 1. The Kier molecular flexibility index (Phi) is 11.1. The molecule has 14 nitrogen and oxygen atoms in total. The van der Waals surface area contributed by atoms with Gasteiger partial charge < -0.3 is 25.2 Å². The van der Waals surface area contributed by atoms with Crippen molar-refractivity contribution in [1.82, 2.24) is 25.3 Å². The van der Waals surface area contributed by atoms with E-state index in [1.165, 1.54) is 7.05 Å². The van der Waals surface area contributed by atoms with Crippen LogP contribution in [0.4, 0.5) is 0 Å². The molecule has 0 saturated carbocycles. The standard InChI is InChI=1S/C21H25N5O9S.Li/c1-4-22-18(29)15(19(30)23-5-2)10-14-17(21(32)25(3)11-16(27)28)24-26(20(14)31)12-6-8-13(9-7-12)36(33,34)35;/h6-10,24H,4-5,11H2,1-3H3,(H,22,29)(H,23,30)(H,27,28)(H,33,34,35);/q;+1/p-1. The van der Waals surface area contributed by atoms with Gasteiger partial charge in [-0.1, -0.05) is 0 Å². The number of H-pyrrole nitrogens is 1. The van der Waals surface area contributed by atoms with Crippen molar-refractivity contribution in [2.75, 3.05) is 26.7 Å². The molecule has 0 unspecified atom stereocenters. The molecule has 37 heavy (non-hydrogen) atoms. The minimum Gasteiger partial charge on any atom is -0.744 e. The van der Waals surface area contributed by atoms with Crippen molar-refractivity contribution in [3.05, 3.63) is 51.4 Å². The van der Waals surface area contributed by atoms with Crippen LogP contribution in [0.1, 0.15) is 29.9 Å². The smallest absolute Gasteiger partial charge is 0.744 e. The summed E-state index contributed by atoms with van der Waals surface area (Å²) in [5.74, 6) is -3.91. The third-order valence-corrected chi connectivity index (χ3v) is 5.55. The van der Waals surface area contributed by atoms with Gasteiger partial charge in [-0.15, -0.1) is 0 Å². The van der Waals surface area contributed by atoms with Crippen LogP contribution in [0.15, 0.2) is 39.5 Å². The number of carboxylic acid groups (broad SMARTS) is 1. The van der Waals surface area contributed by atoms with Crippen LogP contribution in [-0.4, -0.2) is 83.1 Å². The van der Waals surface area contributed by atoms with Gasteiger partial charge in [0, 0.05) is 20.1 Å². The molecule has 2 aromatic rings. The van der Waals surface area contributed by atoms with Crippen LogP contribution < -0.4 is 35.1 Å². The van der Waals surface area contributed by atoms with Crippen LogP contribution in [0.3, 0.4) is 0 Å². The first kappa shape index (κ1) is 31.4. The minimum absolute atomic E-state index is 0. The van der Waals surface area contributed by atoms with Crippen molar-refractivity contribution in [1.29, 1.82) is 0 Å². The van der Waals surface area contributed by atoms with Crippen molar-refractivity contribution < 1.29 is 56.1 Å². The number of nitrogens with one attached hydrogen (secondary N) is 3. The zero-order valence-electron chi connectivity index (χ0n) is 20.5. The summed E-state index contributed by atoms with van der Waals surface area (Å²) in [6.45, 7) is 2.82. The summed E-state index contributed by atoms with van der Waals surface area (Å²) in [5, 5.41) is 16.4. The van der Waals surface area contributed by atoms with Crippen molar-refractivity contribution in [3.63, 3.8) is 0 Å². The molecular formula is C21H24LiN5O9S. The molecule has 0 spiro atoms. The number of aliphatic carboxylic acids is 1. The fourth-order valence-corrected chi connectivity index (χ4v) is 3.52. The van der Waals surface area contributed by atoms with Crippen LogP contribution in [0.2, 0.25) is 0 Å². The van der Waals surface area contributed by atoms with Gasteiger partial charge in [0.05, 0.1) is 16.1 Å². The van der Waals surface area contributed by atoms with Crippen LogP contribution >= 0.6 is 0 Å². The zero-order chi connectivity index (χ0) is 27.2. The molecule has 1 aromatic heterocycles. The minimum atomic E-state index is -4.76. The van der Waals surface area contributed by atoms with E-state index in [1.807, 2.05) is 0 Å². The Morgan fingerprint density at radius 2 is 1.59 bits per heavy atom. The largest absolute Gasteiger partial charge is 1.00 e. The second-order valence-corrected chi connectivity index (χ2v) is 8.70. The molecule has 0 aliphatic carbocycles. The molecule has 0 atom stereocenters. The number of likely N-dealkylation sites (N-methyl/N-ethyl adjacent to an activating group) is 3. The van der Waals surface area contributed by atoms with E-state index in [9.17, 15) is 36.9 Å². The molecule has 3 amide bonds. The molecule has 0 bridgehead atoms. The van der Waals surface area contributed by atoms with Gasteiger partial charge in [0.2, 0.25) is 0 Å².